The number of hydrogen-bond donors (Lipinski definition) is 1. The summed E-state index contributed by atoms with van der Waals surface area (Å²) >= 11 is 4.46. The number of ether oxygens (including phenoxy) is 1. The van der Waals surface area contributed by atoms with Crippen molar-refractivity contribution in [2.24, 2.45) is 5.92 Å². The van der Waals surface area contributed by atoms with Crippen LogP contribution in [0, 0.1) is 5.92 Å². The quantitative estimate of drug-likeness (QED) is 0.815. The molecule has 126 valence electrons. The summed E-state index contributed by atoms with van der Waals surface area (Å²) in [6, 6.07) is 6.31. The predicted molar refractivity (Wildman–Crippen MR) is 98.4 cm³/mol. The van der Waals surface area contributed by atoms with Crippen molar-refractivity contribution in [3.05, 3.63) is 24.0 Å². The molecule has 0 unspecified atom stereocenters. The summed E-state index contributed by atoms with van der Waals surface area (Å²) in [6.45, 7) is 7.79. The SMILES string of the molecule is COC1CCC(Cn2c(C(C)(C)C)nc3cc(S)ccc32)CC1. The molecule has 1 aromatic carbocycles. The molecule has 4 heteroatoms. The molecule has 23 heavy (non-hydrogen) atoms. The van der Waals surface area contributed by atoms with Gasteiger partial charge in [0.25, 0.3) is 0 Å². The van der Waals surface area contributed by atoms with Crippen LogP contribution in [0.1, 0.15) is 52.3 Å². The molecule has 3 nitrogen and oxygen atoms in total. The molecule has 0 aliphatic heterocycles. The minimum atomic E-state index is 0.0412. The fourth-order valence-electron chi connectivity index (χ4n) is 3.68. The standard InChI is InChI=1S/C19H28N2OS/c1-19(2,3)18-20-16-11-15(23)9-10-17(16)21(18)12-13-5-7-14(22-4)8-6-13/h9-11,13-14,23H,5-8,12H2,1-4H3. The summed E-state index contributed by atoms with van der Waals surface area (Å²) in [7, 11) is 1.83. The number of imidazole rings is 1. The molecule has 1 heterocycles. The first-order chi connectivity index (χ1) is 10.9. The fraction of sp³-hybridized carbons (Fsp3) is 0.632. The van der Waals surface area contributed by atoms with Crippen LogP contribution in [0.5, 0.6) is 0 Å². The molecule has 1 saturated carbocycles. The Kier molecular flexibility index (Phi) is 4.75. The van der Waals surface area contributed by atoms with Gasteiger partial charge in [-0.1, -0.05) is 20.8 Å². The van der Waals surface area contributed by atoms with Crippen molar-refractivity contribution in [3.8, 4) is 0 Å². The molecular weight excluding hydrogens is 304 g/mol. The third-order valence-corrected chi connectivity index (χ3v) is 5.25. The lowest BCUT2D eigenvalue weighted by Crippen LogP contribution is -2.26. The first-order valence-electron chi connectivity index (χ1n) is 8.61. The number of methoxy groups -OCH3 is 1. The molecule has 2 aromatic rings. The van der Waals surface area contributed by atoms with Gasteiger partial charge in [0, 0.05) is 24.0 Å². The van der Waals surface area contributed by atoms with Crippen LogP contribution in [-0.2, 0) is 16.7 Å². The van der Waals surface area contributed by atoms with Crippen LogP contribution in [0.25, 0.3) is 11.0 Å². The molecule has 1 fully saturated rings. The second-order valence-electron chi connectivity index (χ2n) is 7.85. The van der Waals surface area contributed by atoms with Gasteiger partial charge in [0.15, 0.2) is 0 Å². The highest BCUT2D eigenvalue weighted by Crippen LogP contribution is 2.32. The van der Waals surface area contributed by atoms with E-state index in [4.69, 9.17) is 9.72 Å². The van der Waals surface area contributed by atoms with Gasteiger partial charge in [0.2, 0.25) is 0 Å². The Labute approximate surface area is 144 Å². The molecule has 1 aromatic heterocycles. The summed E-state index contributed by atoms with van der Waals surface area (Å²) in [5, 5.41) is 0. The molecule has 0 spiro atoms. The number of rotatable bonds is 3. The van der Waals surface area contributed by atoms with Crippen molar-refractivity contribution in [2.45, 2.75) is 69.4 Å². The lowest BCUT2D eigenvalue weighted by Gasteiger charge is -2.29. The number of hydrogen-bond acceptors (Lipinski definition) is 3. The molecule has 0 bridgehead atoms. The lowest BCUT2D eigenvalue weighted by molar-refractivity contribution is 0.0541. The van der Waals surface area contributed by atoms with Gasteiger partial charge in [0.05, 0.1) is 17.1 Å². The average Bonchev–Trinajstić information content (AvgIpc) is 2.86. The van der Waals surface area contributed by atoms with Gasteiger partial charge in [-0.05, 0) is 49.8 Å². The Hall–Kier alpha value is -1.00. The van der Waals surface area contributed by atoms with E-state index in [2.05, 4.69) is 56.2 Å². The van der Waals surface area contributed by atoms with Gasteiger partial charge < -0.3 is 9.30 Å². The van der Waals surface area contributed by atoms with E-state index in [0.29, 0.717) is 6.10 Å². The number of nitrogens with zero attached hydrogens (tertiary/aromatic N) is 2. The largest absolute Gasteiger partial charge is 0.381 e. The zero-order valence-electron chi connectivity index (χ0n) is 14.7. The summed E-state index contributed by atoms with van der Waals surface area (Å²) in [5.74, 6) is 1.90. The second-order valence-corrected chi connectivity index (χ2v) is 8.36. The van der Waals surface area contributed by atoms with Crippen LogP contribution in [0.4, 0.5) is 0 Å². The number of benzene rings is 1. The molecular formula is C19H28N2OS. The minimum absolute atomic E-state index is 0.0412. The summed E-state index contributed by atoms with van der Waals surface area (Å²) in [4.78, 5) is 5.91. The summed E-state index contributed by atoms with van der Waals surface area (Å²) in [5.41, 5.74) is 2.34. The molecule has 0 saturated heterocycles. The molecule has 0 N–H and O–H groups in total. The van der Waals surface area contributed by atoms with Crippen molar-refractivity contribution in [1.82, 2.24) is 9.55 Å². The third kappa shape index (κ3) is 3.58. The molecule has 0 atom stereocenters. The maximum atomic E-state index is 5.51. The Morgan fingerprint density at radius 2 is 1.91 bits per heavy atom. The molecule has 0 radical (unpaired) electrons. The van der Waals surface area contributed by atoms with Crippen LogP contribution in [0.15, 0.2) is 23.1 Å². The Morgan fingerprint density at radius 3 is 2.52 bits per heavy atom. The highest BCUT2D eigenvalue weighted by Gasteiger charge is 2.26. The van der Waals surface area contributed by atoms with E-state index < -0.39 is 0 Å². The van der Waals surface area contributed by atoms with E-state index in [1.807, 2.05) is 7.11 Å². The molecule has 0 amide bonds. The first-order valence-corrected chi connectivity index (χ1v) is 9.05. The van der Waals surface area contributed by atoms with E-state index in [9.17, 15) is 0 Å². The van der Waals surface area contributed by atoms with Crippen LogP contribution in [0.2, 0.25) is 0 Å². The van der Waals surface area contributed by atoms with Gasteiger partial charge in [-0.3, -0.25) is 0 Å². The second kappa shape index (κ2) is 6.48. The zero-order chi connectivity index (χ0) is 16.6. The van der Waals surface area contributed by atoms with Crippen LogP contribution >= 0.6 is 12.6 Å². The Bertz CT molecular complexity index is 678. The highest BCUT2D eigenvalue weighted by molar-refractivity contribution is 7.80. The van der Waals surface area contributed by atoms with Gasteiger partial charge in [-0.15, -0.1) is 12.6 Å². The fourth-order valence-corrected chi connectivity index (χ4v) is 3.88. The highest BCUT2D eigenvalue weighted by atomic mass is 32.1. The van der Waals surface area contributed by atoms with E-state index in [1.165, 1.54) is 37.0 Å². The van der Waals surface area contributed by atoms with Crippen LogP contribution in [-0.4, -0.2) is 22.8 Å². The molecule has 1 aliphatic rings. The Balaban J connectivity index is 1.92. The van der Waals surface area contributed by atoms with E-state index in [0.717, 1.165) is 22.9 Å². The topological polar surface area (TPSA) is 27.1 Å². The first kappa shape index (κ1) is 16.8. The predicted octanol–water partition coefficient (Wildman–Crippen LogP) is 4.83. The van der Waals surface area contributed by atoms with E-state index >= 15 is 0 Å². The maximum Gasteiger partial charge on any atom is 0.115 e. The number of aromatic nitrogens is 2. The van der Waals surface area contributed by atoms with Crippen molar-refractivity contribution in [2.75, 3.05) is 7.11 Å². The average molecular weight is 333 g/mol. The lowest BCUT2D eigenvalue weighted by atomic mass is 9.87. The zero-order valence-corrected chi connectivity index (χ0v) is 15.6. The van der Waals surface area contributed by atoms with Gasteiger partial charge in [-0.2, -0.15) is 0 Å². The minimum Gasteiger partial charge on any atom is -0.381 e. The third-order valence-electron chi connectivity index (χ3n) is 4.97. The monoisotopic (exact) mass is 332 g/mol. The van der Waals surface area contributed by atoms with Crippen LogP contribution in [0.3, 0.4) is 0 Å². The maximum absolute atomic E-state index is 5.51. The molecule has 3 rings (SSSR count). The normalized spacial score (nSPS) is 22.7. The van der Waals surface area contributed by atoms with Crippen molar-refractivity contribution < 1.29 is 4.74 Å². The van der Waals surface area contributed by atoms with Crippen molar-refractivity contribution >= 4 is 23.7 Å². The number of fused-ring (bicyclic) bond motifs is 1. The number of thiol groups is 1. The van der Waals surface area contributed by atoms with Crippen molar-refractivity contribution in [1.29, 1.82) is 0 Å². The summed E-state index contributed by atoms with van der Waals surface area (Å²) < 4.78 is 7.95. The Morgan fingerprint density at radius 1 is 1.22 bits per heavy atom. The smallest absolute Gasteiger partial charge is 0.115 e. The summed E-state index contributed by atoms with van der Waals surface area (Å²) in [6.07, 6.45) is 5.30. The van der Waals surface area contributed by atoms with Gasteiger partial charge in [-0.25, -0.2) is 4.98 Å². The van der Waals surface area contributed by atoms with Crippen LogP contribution < -0.4 is 0 Å². The molecule has 1 aliphatic carbocycles. The van der Waals surface area contributed by atoms with E-state index in [-0.39, 0.29) is 5.41 Å². The van der Waals surface area contributed by atoms with Crippen molar-refractivity contribution in [3.63, 3.8) is 0 Å². The van der Waals surface area contributed by atoms with Gasteiger partial charge >= 0.3 is 0 Å². The van der Waals surface area contributed by atoms with E-state index in [1.54, 1.807) is 0 Å². The van der Waals surface area contributed by atoms with Gasteiger partial charge in [0.1, 0.15) is 5.82 Å².